The van der Waals surface area contributed by atoms with Crippen LogP contribution in [0.4, 0.5) is 0 Å². The second-order valence-electron chi connectivity index (χ2n) is 7.04. The van der Waals surface area contributed by atoms with Gasteiger partial charge in [0, 0.05) is 0 Å². The summed E-state index contributed by atoms with van der Waals surface area (Å²) in [5, 5.41) is 18.5. The van der Waals surface area contributed by atoms with Crippen LogP contribution in [0.2, 0.25) is 5.02 Å². The van der Waals surface area contributed by atoms with Crippen LogP contribution in [0.3, 0.4) is 0 Å². The second kappa shape index (κ2) is 9.02. The molecule has 0 unspecified atom stereocenters. The van der Waals surface area contributed by atoms with Crippen LogP contribution >= 0.6 is 23.4 Å². The number of hydrogen-bond donors (Lipinski definition) is 0. The van der Waals surface area contributed by atoms with Crippen molar-refractivity contribution in [3.05, 3.63) is 89.2 Å². The van der Waals surface area contributed by atoms with Crippen molar-refractivity contribution >= 4 is 23.4 Å². The molecule has 0 amide bonds. The van der Waals surface area contributed by atoms with Crippen LogP contribution in [0.25, 0.3) is 22.8 Å². The van der Waals surface area contributed by atoms with E-state index in [-0.39, 0.29) is 0 Å². The molecule has 5 rings (SSSR count). The molecule has 0 aliphatic heterocycles. The van der Waals surface area contributed by atoms with Gasteiger partial charge in [0.2, 0.25) is 11.8 Å². The van der Waals surface area contributed by atoms with Gasteiger partial charge in [-0.3, -0.25) is 4.57 Å². The van der Waals surface area contributed by atoms with Gasteiger partial charge in [0.05, 0.1) is 34.7 Å². The van der Waals surface area contributed by atoms with Crippen LogP contribution < -0.4 is 0 Å². The third-order valence-electron chi connectivity index (χ3n) is 4.90. The first-order chi connectivity index (χ1) is 15.7. The molecule has 7 nitrogen and oxygen atoms in total. The Labute approximate surface area is 193 Å². The summed E-state index contributed by atoms with van der Waals surface area (Å²) >= 11 is 7.73. The van der Waals surface area contributed by atoms with Gasteiger partial charge in [0.15, 0.2) is 11.0 Å². The average Bonchev–Trinajstić information content (AvgIpc) is 3.54. The molecule has 3 aromatic heterocycles. The molecular weight excluding hydrogens is 446 g/mol. The van der Waals surface area contributed by atoms with Crippen molar-refractivity contribution in [3.63, 3.8) is 0 Å². The lowest BCUT2D eigenvalue weighted by Crippen LogP contribution is -2.04. The Kier molecular flexibility index (Phi) is 5.79. The number of hydrogen-bond acceptors (Lipinski definition) is 7. The molecule has 0 saturated heterocycles. The quantitative estimate of drug-likeness (QED) is 0.278. The molecule has 32 heavy (non-hydrogen) atoms. The standard InChI is InChI=1S/C23H18ClN5O2S/c1-15-17(11-12-30-15)21-26-28-23(29(21)13-16-7-3-2-4-8-16)32-14-20-25-27-22(31-20)18-9-5-6-10-19(18)24/h2-12H,13-14H2,1H3. The summed E-state index contributed by atoms with van der Waals surface area (Å²) in [5.41, 5.74) is 2.78. The van der Waals surface area contributed by atoms with E-state index in [1.165, 1.54) is 11.8 Å². The molecule has 0 aliphatic rings. The molecule has 0 spiro atoms. The van der Waals surface area contributed by atoms with E-state index in [1.807, 2.05) is 49.4 Å². The van der Waals surface area contributed by atoms with Gasteiger partial charge >= 0.3 is 0 Å². The number of benzene rings is 2. The van der Waals surface area contributed by atoms with Crippen LogP contribution in [0.1, 0.15) is 17.2 Å². The predicted octanol–water partition coefficient (Wildman–Crippen LogP) is 5.89. The predicted molar refractivity (Wildman–Crippen MR) is 122 cm³/mol. The molecule has 2 aromatic carbocycles. The van der Waals surface area contributed by atoms with E-state index < -0.39 is 0 Å². The summed E-state index contributed by atoms with van der Waals surface area (Å²) in [6.45, 7) is 2.54. The molecule has 5 aromatic rings. The van der Waals surface area contributed by atoms with Crippen molar-refractivity contribution in [2.24, 2.45) is 0 Å². The zero-order chi connectivity index (χ0) is 21.9. The molecule has 160 valence electrons. The molecule has 0 radical (unpaired) electrons. The fourth-order valence-electron chi connectivity index (χ4n) is 3.30. The van der Waals surface area contributed by atoms with E-state index >= 15 is 0 Å². The van der Waals surface area contributed by atoms with Gasteiger partial charge in [-0.05, 0) is 30.7 Å². The first kappa shape index (κ1) is 20.5. The lowest BCUT2D eigenvalue weighted by molar-refractivity contribution is 0.528. The zero-order valence-corrected chi connectivity index (χ0v) is 18.7. The minimum absolute atomic E-state index is 0.395. The van der Waals surface area contributed by atoms with E-state index in [4.69, 9.17) is 20.4 Å². The van der Waals surface area contributed by atoms with Crippen molar-refractivity contribution in [2.45, 2.75) is 24.4 Å². The number of nitrogens with zero attached hydrogens (tertiary/aromatic N) is 5. The normalized spacial score (nSPS) is 11.2. The highest BCUT2D eigenvalue weighted by atomic mass is 35.5. The second-order valence-corrected chi connectivity index (χ2v) is 8.39. The smallest absolute Gasteiger partial charge is 0.249 e. The maximum Gasteiger partial charge on any atom is 0.249 e. The van der Waals surface area contributed by atoms with Crippen LogP contribution in [-0.2, 0) is 12.3 Å². The number of thioether (sulfide) groups is 1. The van der Waals surface area contributed by atoms with Gasteiger partial charge in [0.25, 0.3) is 0 Å². The SMILES string of the molecule is Cc1occc1-c1nnc(SCc2nnc(-c3ccccc3Cl)o2)n1Cc1ccccc1. The Balaban J connectivity index is 1.41. The molecule has 9 heteroatoms. The maximum absolute atomic E-state index is 6.24. The number of furan rings is 1. The number of rotatable bonds is 7. The summed E-state index contributed by atoms with van der Waals surface area (Å²) < 4.78 is 13.4. The lowest BCUT2D eigenvalue weighted by atomic mass is 10.2. The molecule has 0 N–H and O–H groups in total. The largest absolute Gasteiger partial charge is 0.469 e. The van der Waals surface area contributed by atoms with E-state index in [9.17, 15) is 0 Å². The minimum Gasteiger partial charge on any atom is -0.469 e. The van der Waals surface area contributed by atoms with Crippen LogP contribution in [0.15, 0.2) is 80.9 Å². The molecule has 0 aliphatic carbocycles. The van der Waals surface area contributed by atoms with Crippen molar-refractivity contribution in [3.8, 4) is 22.8 Å². The van der Waals surface area contributed by atoms with Crippen LogP contribution in [-0.4, -0.2) is 25.0 Å². The summed E-state index contributed by atoms with van der Waals surface area (Å²) in [6.07, 6.45) is 1.66. The highest BCUT2D eigenvalue weighted by molar-refractivity contribution is 7.98. The van der Waals surface area contributed by atoms with E-state index in [2.05, 4.69) is 37.1 Å². The summed E-state index contributed by atoms with van der Waals surface area (Å²) in [7, 11) is 0. The minimum atomic E-state index is 0.395. The first-order valence-corrected chi connectivity index (χ1v) is 11.3. The van der Waals surface area contributed by atoms with Crippen LogP contribution in [0.5, 0.6) is 0 Å². The molecule has 0 bridgehead atoms. The third-order valence-corrected chi connectivity index (χ3v) is 6.18. The third kappa shape index (κ3) is 4.19. The Bertz CT molecular complexity index is 1350. The highest BCUT2D eigenvalue weighted by Crippen LogP contribution is 2.31. The molecule has 0 saturated carbocycles. The van der Waals surface area contributed by atoms with Crippen molar-refractivity contribution in [2.75, 3.05) is 0 Å². The monoisotopic (exact) mass is 463 g/mol. The molecule has 0 atom stereocenters. The summed E-state index contributed by atoms with van der Waals surface area (Å²) in [4.78, 5) is 0. The number of halogens is 1. The molecule has 0 fully saturated rings. The van der Waals surface area contributed by atoms with Crippen molar-refractivity contribution in [1.29, 1.82) is 0 Å². The lowest BCUT2D eigenvalue weighted by Gasteiger charge is -2.09. The van der Waals surface area contributed by atoms with Crippen molar-refractivity contribution in [1.82, 2.24) is 25.0 Å². The Hall–Kier alpha value is -3.36. The van der Waals surface area contributed by atoms with Gasteiger partial charge in [-0.1, -0.05) is 65.8 Å². The van der Waals surface area contributed by atoms with Gasteiger partial charge in [-0.2, -0.15) is 0 Å². The first-order valence-electron chi connectivity index (χ1n) is 9.90. The van der Waals surface area contributed by atoms with E-state index in [0.29, 0.717) is 34.7 Å². The molecule has 3 heterocycles. The van der Waals surface area contributed by atoms with Gasteiger partial charge in [-0.15, -0.1) is 20.4 Å². The molecular formula is C23H18ClN5O2S. The summed E-state index contributed by atoms with van der Waals surface area (Å²) in [5.74, 6) is 2.88. The summed E-state index contributed by atoms with van der Waals surface area (Å²) in [6, 6.07) is 19.5. The van der Waals surface area contributed by atoms with E-state index in [0.717, 1.165) is 27.9 Å². The van der Waals surface area contributed by atoms with Crippen LogP contribution in [0, 0.1) is 6.92 Å². The van der Waals surface area contributed by atoms with Crippen molar-refractivity contribution < 1.29 is 8.83 Å². The number of aryl methyl sites for hydroxylation is 1. The topological polar surface area (TPSA) is 82.8 Å². The van der Waals surface area contributed by atoms with Gasteiger partial charge in [-0.25, -0.2) is 0 Å². The van der Waals surface area contributed by atoms with Gasteiger partial charge < -0.3 is 8.83 Å². The number of aromatic nitrogens is 5. The Morgan fingerprint density at radius 3 is 2.50 bits per heavy atom. The maximum atomic E-state index is 6.24. The Morgan fingerprint density at radius 2 is 1.72 bits per heavy atom. The Morgan fingerprint density at radius 1 is 0.906 bits per heavy atom. The average molecular weight is 464 g/mol. The fraction of sp³-hybridized carbons (Fsp3) is 0.130. The van der Waals surface area contributed by atoms with Gasteiger partial charge in [0.1, 0.15) is 5.76 Å². The fourth-order valence-corrected chi connectivity index (χ4v) is 4.29. The highest BCUT2D eigenvalue weighted by Gasteiger charge is 2.19. The zero-order valence-electron chi connectivity index (χ0n) is 17.1. The van der Waals surface area contributed by atoms with E-state index in [1.54, 1.807) is 12.3 Å².